The number of carbonyl (C=O) groups is 1. The van der Waals surface area contributed by atoms with Gasteiger partial charge >= 0.3 is 6.18 Å². The van der Waals surface area contributed by atoms with E-state index in [2.05, 4.69) is 10.1 Å². The minimum absolute atomic E-state index is 0.111. The molecule has 0 radical (unpaired) electrons. The fourth-order valence-corrected chi connectivity index (χ4v) is 2.31. The summed E-state index contributed by atoms with van der Waals surface area (Å²) >= 11 is 0. The maximum absolute atomic E-state index is 12.2. The summed E-state index contributed by atoms with van der Waals surface area (Å²) in [6.07, 6.45) is -4.43. The van der Waals surface area contributed by atoms with E-state index in [1.807, 2.05) is 38.0 Å². The van der Waals surface area contributed by atoms with Crippen molar-refractivity contribution in [3.05, 3.63) is 47.1 Å². The van der Waals surface area contributed by atoms with Crippen LogP contribution >= 0.6 is 0 Å². The summed E-state index contributed by atoms with van der Waals surface area (Å²) in [5.74, 6) is 0.590. The van der Waals surface area contributed by atoms with Gasteiger partial charge in [-0.15, -0.1) is 0 Å². The molecule has 0 saturated heterocycles. The van der Waals surface area contributed by atoms with Gasteiger partial charge in [0.25, 0.3) is 5.91 Å². The van der Waals surface area contributed by atoms with Crippen molar-refractivity contribution in [1.82, 2.24) is 20.4 Å². The maximum atomic E-state index is 12.2. The molecule has 0 saturated carbocycles. The van der Waals surface area contributed by atoms with E-state index >= 15 is 0 Å². The van der Waals surface area contributed by atoms with Gasteiger partial charge in [-0.05, 0) is 31.7 Å². The lowest BCUT2D eigenvalue weighted by atomic mass is 10.1. The van der Waals surface area contributed by atoms with Crippen LogP contribution in [-0.2, 0) is 6.54 Å². The van der Waals surface area contributed by atoms with Crippen LogP contribution in [0.25, 0.3) is 0 Å². The molecule has 0 bridgehead atoms. The summed E-state index contributed by atoms with van der Waals surface area (Å²) in [4.78, 5) is 18.1. The highest BCUT2D eigenvalue weighted by atomic mass is 19.4. The number of nitrogens with zero attached hydrogens (tertiary/aromatic N) is 3. The number of benzene rings is 1. The van der Waals surface area contributed by atoms with Crippen molar-refractivity contribution in [3.8, 4) is 0 Å². The van der Waals surface area contributed by atoms with Gasteiger partial charge in [-0.1, -0.05) is 31.1 Å². The van der Waals surface area contributed by atoms with E-state index in [4.69, 9.17) is 4.52 Å². The fraction of sp³-hybridized carbons (Fsp3) is 0.500. The molecule has 1 aromatic heterocycles. The van der Waals surface area contributed by atoms with Crippen molar-refractivity contribution in [2.45, 2.75) is 45.5 Å². The predicted molar refractivity (Wildman–Crippen MR) is 93.1 cm³/mol. The van der Waals surface area contributed by atoms with Gasteiger partial charge in [0.05, 0.1) is 6.04 Å². The van der Waals surface area contributed by atoms with E-state index < -0.39 is 18.6 Å². The standard InChI is InChI=1S/C18H23F3N4O2/c1-11(2)15-23-17(27-24-15)12(3)25(4)9-13-5-7-14(8-6-13)16(26)22-10-18(19,20)21/h5-8,11-12H,9-10H2,1-4H3,(H,22,26)/t12-/m0/s1. The Balaban J connectivity index is 1.95. The molecule has 2 aromatic rings. The molecule has 27 heavy (non-hydrogen) atoms. The highest BCUT2D eigenvalue weighted by Crippen LogP contribution is 2.21. The van der Waals surface area contributed by atoms with Gasteiger partial charge in [-0.2, -0.15) is 18.2 Å². The Hall–Kier alpha value is -2.42. The molecule has 0 unspecified atom stereocenters. The van der Waals surface area contributed by atoms with Crippen LogP contribution in [0.3, 0.4) is 0 Å². The highest BCUT2D eigenvalue weighted by Gasteiger charge is 2.28. The fourth-order valence-electron chi connectivity index (χ4n) is 2.31. The average molecular weight is 384 g/mol. The number of aromatic nitrogens is 2. The molecule has 0 aliphatic heterocycles. The largest absolute Gasteiger partial charge is 0.405 e. The molecule has 0 aliphatic rings. The number of halogens is 3. The molecule has 9 heteroatoms. The number of alkyl halides is 3. The Labute approximate surface area is 155 Å². The molecule has 1 amide bonds. The molecule has 2 rings (SSSR count). The van der Waals surface area contributed by atoms with E-state index in [1.165, 1.54) is 12.1 Å². The Morgan fingerprint density at radius 2 is 1.85 bits per heavy atom. The number of hydrogen-bond acceptors (Lipinski definition) is 5. The SMILES string of the molecule is CC(C)c1noc([C@H](C)N(C)Cc2ccc(C(=O)NCC(F)(F)F)cc2)n1. The van der Waals surface area contributed by atoms with Crippen LogP contribution in [0.1, 0.15) is 60.4 Å². The van der Waals surface area contributed by atoms with Gasteiger partial charge < -0.3 is 9.84 Å². The van der Waals surface area contributed by atoms with Crippen LogP contribution in [0.5, 0.6) is 0 Å². The van der Waals surface area contributed by atoms with Crippen molar-refractivity contribution >= 4 is 5.91 Å². The summed E-state index contributed by atoms with van der Waals surface area (Å²) in [7, 11) is 1.90. The second kappa shape index (κ2) is 8.51. The van der Waals surface area contributed by atoms with Crippen LogP contribution in [0, 0.1) is 0 Å². The van der Waals surface area contributed by atoms with Gasteiger partial charge in [0, 0.05) is 18.0 Å². The molecule has 148 valence electrons. The molecule has 1 N–H and O–H groups in total. The molecule has 1 heterocycles. The lowest BCUT2D eigenvalue weighted by molar-refractivity contribution is -0.123. The Bertz CT molecular complexity index is 757. The first-order valence-electron chi connectivity index (χ1n) is 8.54. The van der Waals surface area contributed by atoms with Crippen LogP contribution in [0.15, 0.2) is 28.8 Å². The first-order valence-corrected chi connectivity index (χ1v) is 8.54. The van der Waals surface area contributed by atoms with E-state index in [0.717, 1.165) is 5.56 Å². The van der Waals surface area contributed by atoms with Crippen molar-refractivity contribution in [1.29, 1.82) is 0 Å². The number of rotatable bonds is 7. The second-order valence-electron chi connectivity index (χ2n) is 6.73. The molecular formula is C18H23F3N4O2. The molecule has 0 spiro atoms. The zero-order valence-electron chi connectivity index (χ0n) is 15.7. The number of amides is 1. The molecular weight excluding hydrogens is 361 g/mol. The lowest BCUT2D eigenvalue weighted by Crippen LogP contribution is -2.33. The van der Waals surface area contributed by atoms with E-state index in [9.17, 15) is 18.0 Å². The molecule has 0 aliphatic carbocycles. The number of hydrogen-bond donors (Lipinski definition) is 1. The van der Waals surface area contributed by atoms with Crippen molar-refractivity contribution in [2.75, 3.05) is 13.6 Å². The monoisotopic (exact) mass is 384 g/mol. The second-order valence-corrected chi connectivity index (χ2v) is 6.73. The quantitative estimate of drug-likeness (QED) is 0.789. The van der Waals surface area contributed by atoms with Crippen LogP contribution < -0.4 is 5.32 Å². The third-order valence-corrected chi connectivity index (χ3v) is 4.09. The third-order valence-electron chi connectivity index (χ3n) is 4.09. The summed E-state index contributed by atoms with van der Waals surface area (Å²) in [5, 5.41) is 5.80. The first kappa shape index (κ1) is 20.9. The summed E-state index contributed by atoms with van der Waals surface area (Å²) in [5.41, 5.74) is 1.08. The number of carbonyl (C=O) groups excluding carboxylic acids is 1. The Morgan fingerprint density at radius 3 is 2.37 bits per heavy atom. The van der Waals surface area contributed by atoms with Gasteiger partial charge in [0.1, 0.15) is 6.54 Å². The average Bonchev–Trinajstić information content (AvgIpc) is 3.09. The van der Waals surface area contributed by atoms with E-state index in [-0.39, 0.29) is 17.5 Å². The normalized spacial score (nSPS) is 13.2. The molecule has 1 aromatic carbocycles. The van der Waals surface area contributed by atoms with E-state index in [0.29, 0.717) is 18.3 Å². The molecule has 1 atom stereocenters. The summed E-state index contributed by atoms with van der Waals surface area (Å²) < 4.78 is 41.8. The van der Waals surface area contributed by atoms with Crippen molar-refractivity contribution < 1.29 is 22.5 Å². The number of nitrogens with one attached hydrogen (secondary N) is 1. The first-order chi connectivity index (χ1) is 12.6. The van der Waals surface area contributed by atoms with Crippen LogP contribution in [0.2, 0.25) is 0 Å². The van der Waals surface area contributed by atoms with Crippen molar-refractivity contribution in [2.24, 2.45) is 0 Å². The minimum Gasteiger partial charge on any atom is -0.343 e. The van der Waals surface area contributed by atoms with Gasteiger partial charge in [-0.25, -0.2) is 0 Å². The molecule has 6 nitrogen and oxygen atoms in total. The van der Waals surface area contributed by atoms with Gasteiger partial charge in [0.2, 0.25) is 5.89 Å². The topological polar surface area (TPSA) is 71.3 Å². The van der Waals surface area contributed by atoms with Crippen LogP contribution in [-0.4, -0.2) is 40.7 Å². The summed E-state index contributed by atoms with van der Waals surface area (Å²) in [6.45, 7) is 5.10. The predicted octanol–water partition coefficient (Wildman–Crippen LogP) is 3.68. The lowest BCUT2D eigenvalue weighted by Gasteiger charge is -2.21. The van der Waals surface area contributed by atoms with Gasteiger partial charge in [0.15, 0.2) is 5.82 Å². The summed E-state index contributed by atoms with van der Waals surface area (Å²) in [6, 6.07) is 6.31. The highest BCUT2D eigenvalue weighted by molar-refractivity contribution is 5.94. The smallest absolute Gasteiger partial charge is 0.343 e. The zero-order valence-corrected chi connectivity index (χ0v) is 15.7. The van der Waals surface area contributed by atoms with Gasteiger partial charge in [-0.3, -0.25) is 9.69 Å². The van der Waals surface area contributed by atoms with E-state index in [1.54, 1.807) is 12.1 Å². The van der Waals surface area contributed by atoms with Crippen molar-refractivity contribution in [3.63, 3.8) is 0 Å². The molecule has 0 fully saturated rings. The third kappa shape index (κ3) is 6.06. The Kier molecular flexibility index (Phi) is 6.59. The minimum atomic E-state index is -4.43. The maximum Gasteiger partial charge on any atom is 0.405 e. The van der Waals surface area contributed by atoms with Crippen LogP contribution in [0.4, 0.5) is 13.2 Å². The Morgan fingerprint density at radius 1 is 1.22 bits per heavy atom. The zero-order chi connectivity index (χ0) is 20.2.